The molecule has 0 radical (unpaired) electrons. The van der Waals surface area contributed by atoms with Crippen molar-refractivity contribution in [1.29, 1.82) is 0 Å². The molecule has 4 rings (SSSR count). The molecule has 1 heterocycles. The Labute approximate surface area is 228 Å². The van der Waals surface area contributed by atoms with Crippen molar-refractivity contribution in [3.8, 4) is 5.75 Å². The lowest BCUT2D eigenvalue weighted by molar-refractivity contribution is 0.0355. The Balaban J connectivity index is 1.41. The Morgan fingerprint density at radius 2 is 1.63 bits per heavy atom. The number of carbonyl (C=O) groups is 1. The number of aryl methyl sites for hydroxylation is 1. The Bertz CT molecular complexity index is 1090. The smallest absolute Gasteiger partial charge is 0.254 e. The first-order valence-electron chi connectivity index (χ1n) is 14.2. The van der Waals surface area contributed by atoms with Gasteiger partial charge in [0.15, 0.2) is 0 Å². The van der Waals surface area contributed by atoms with Gasteiger partial charge in [0.25, 0.3) is 5.91 Å². The van der Waals surface area contributed by atoms with E-state index in [-0.39, 0.29) is 5.91 Å². The Hall–Kier alpha value is -3.15. The van der Waals surface area contributed by atoms with Crippen molar-refractivity contribution >= 4 is 5.91 Å². The molecule has 0 unspecified atom stereocenters. The average Bonchev–Trinajstić information content (AvgIpc) is 2.97. The minimum atomic E-state index is 0.0858. The van der Waals surface area contributed by atoms with Crippen molar-refractivity contribution in [2.24, 2.45) is 0 Å². The quantitative estimate of drug-likeness (QED) is 0.235. The molecule has 1 aliphatic heterocycles. The van der Waals surface area contributed by atoms with E-state index < -0.39 is 0 Å². The zero-order valence-electron chi connectivity index (χ0n) is 22.8. The summed E-state index contributed by atoms with van der Waals surface area (Å²) >= 11 is 0. The van der Waals surface area contributed by atoms with Crippen molar-refractivity contribution < 1.29 is 14.3 Å². The van der Waals surface area contributed by atoms with Crippen molar-refractivity contribution in [2.75, 3.05) is 39.4 Å². The highest BCUT2D eigenvalue weighted by molar-refractivity contribution is 5.94. The molecular formula is C33H42N2O3. The van der Waals surface area contributed by atoms with Gasteiger partial charge in [0, 0.05) is 38.3 Å². The van der Waals surface area contributed by atoms with E-state index in [1.807, 2.05) is 47.4 Å². The monoisotopic (exact) mass is 514 g/mol. The maximum Gasteiger partial charge on any atom is 0.254 e. The predicted octanol–water partition coefficient (Wildman–Crippen LogP) is 6.36. The van der Waals surface area contributed by atoms with Crippen LogP contribution in [0.3, 0.4) is 0 Å². The van der Waals surface area contributed by atoms with E-state index in [1.165, 1.54) is 24.8 Å². The fraction of sp³-hybridized carbons (Fsp3) is 0.424. The molecule has 1 saturated heterocycles. The van der Waals surface area contributed by atoms with Crippen molar-refractivity contribution in [2.45, 2.75) is 52.2 Å². The number of hydrogen-bond acceptors (Lipinski definition) is 4. The summed E-state index contributed by atoms with van der Waals surface area (Å²) < 4.78 is 11.5. The van der Waals surface area contributed by atoms with Crippen LogP contribution in [0.15, 0.2) is 78.9 Å². The minimum absolute atomic E-state index is 0.0858. The maximum absolute atomic E-state index is 13.7. The first-order chi connectivity index (χ1) is 18.7. The van der Waals surface area contributed by atoms with Crippen LogP contribution in [0.5, 0.6) is 5.75 Å². The molecule has 3 aromatic carbocycles. The fourth-order valence-electron chi connectivity index (χ4n) is 4.83. The SMILES string of the molecule is CCCCCc1ccc(C(=O)N(CCCN2CCOCC2)Cc2cccc(OCc3ccccc3)c2)cc1. The van der Waals surface area contributed by atoms with Crippen LogP contribution in [0, 0.1) is 0 Å². The van der Waals surface area contributed by atoms with Gasteiger partial charge in [0.05, 0.1) is 13.2 Å². The predicted molar refractivity (Wildman–Crippen MR) is 154 cm³/mol. The molecule has 3 aromatic rings. The third-order valence-corrected chi connectivity index (χ3v) is 7.08. The number of morpholine rings is 1. The van der Waals surface area contributed by atoms with Gasteiger partial charge >= 0.3 is 0 Å². The van der Waals surface area contributed by atoms with Crippen molar-refractivity contribution in [3.05, 3.63) is 101 Å². The zero-order chi connectivity index (χ0) is 26.4. The first kappa shape index (κ1) is 27.9. The highest BCUT2D eigenvalue weighted by Gasteiger charge is 2.18. The van der Waals surface area contributed by atoms with E-state index in [2.05, 4.69) is 48.2 Å². The molecule has 0 atom stereocenters. The molecule has 1 fully saturated rings. The third kappa shape index (κ3) is 9.00. The fourth-order valence-corrected chi connectivity index (χ4v) is 4.83. The number of benzene rings is 3. The standard InChI is InChI=1S/C33H42N2O3/c1-2-3-5-10-28-15-17-31(18-16-28)33(36)35(20-9-19-34-21-23-37-24-22-34)26-30-13-8-14-32(25-30)38-27-29-11-6-4-7-12-29/h4,6-8,11-18,25H,2-3,5,9-10,19-24,26-27H2,1H3. The normalized spacial score (nSPS) is 13.8. The summed E-state index contributed by atoms with van der Waals surface area (Å²) in [5, 5.41) is 0. The number of ether oxygens (including phenoxy) is 2. The number of amides is 1. The number of unbranched alkanes of at least 4 members (excludes halogenated alkanes) is 2. The van der Waals surface area contributed by atoms with Crippen LogP contribution < -0.4 is 4.74 Å². The average molecular weight is 515 g/mol. The van der Waals surface area contributed by atoms with Crippen LogP contribution in [0.2, 0.25) is 0 Å². The van der Waals surface area contributed by atoms with E-state index >= 15 is 0 Å². The van der Waals surface area contributed by atoms with E-state index in [1.54, 1.807) is 0 Å². The maximum atomic E-state index is 13.7. The van der Waals surface area contributed by atoms with Crippen molar-refractivity contribution in [3.63, 3.8) is 0 Å². The summed E-state index contributed by atoms with van der Waals surface area (Å²) in [6.45, 7) is 8.52. The molecule has 1 amide bonds. The zero-order valence-corrected chi connectivity index (χ0v) is 22.8. The van der Waals surface area contributed by atoms with Crippen LogP contribution >= 0.6 is 0 Å². The van der Waals surface area contributed by atoms with Gasteiger partial charge in [-0.15, -0.1) is 0 Å². The Morgan fingerprint density at radius 1 is 0.868 bits per heavy atom. The lowest BCUT2D eigenvalue weighted by atomic mass is 10.0. The summed E-state index contributed by atoms with van der Waals surface area (Å²) in [4.78, 5) is 18.1. The second-order valence-corrected chi connectivity index (χ2v) is 10.1. The van der Waals surface area contributed by atoms with Crippen LogP contribution in [0.1, 0.15) is 59.7 Å². The molecule has 5 heteroatoms. The largest absolute Gasteiger partial charge is 0.489 e. The third-order valence-electron chi connectivity index (χ3n) is 7.08. The molecule has 202 valence electrons. The van der Waals surface area contributed by atoms with Gasteiger partial charge in [-0.3, -0.25) is 9.69 Å². The van der Waals surface area contributed by atoms with Gasteiger partial charge in [-0.1, -0.05) is 74.4 Å². The summed E-state index contributed by atoms with van der Waals surface area (Å²) in [6.07, 6.45) is 5.66. The van der Waals surface area contributed by atoms with Gasteiger partial charge in [-0.25, -0.2) is 0 Å². The number of rotatable bonds is 14. The Kier molecular flexibility index (Phi) is 11.2. The van der Waals surface area contributed by atoms with E-state index in [0.717, 1.165) is 68.1 Å². The number of carbonyl (C=O) groups excluding carboxylic acids is 1. The Morgan fingerprint density at radius 3 is 2.39 bits per heavy atom. The lowest BCUT2D eigenvalue weighted by Gasteiger charge is -2.28. The first-order valence-corrected chi connectivity index (χ1v) is 14.2. The highest BCUT2D eigenvalue weighted by atomic mass is 16.5. The molecule has 0 N–H and O–H groups in total. The van der Waals surface area contributed by atoms with Gasteiger partial charge < -0.3 is 14.4 Å². The second kappa shape index (κ2) is 15.3. The van der Waals surface area contributed by atoms with Crippen LogP contribution in [0.25, 0.3) is 0 Å². The number of nitrogens with zero attached hydrogens (tertiary/aromatic N) is 2. The minimum Gasteiger partial charge on any atom is -0.489 e. The molecule has 0 saturated carbocycles. The number of hydrogen-bond donors (Lipinski definition) is 0. The molecule has 1 aliphatic rings. The van der Waals surface area contributed by atoms with E-state index in [4.69, 9.17) is 9.47 Å². The van der Waals surface area contributed by atoms with Crippen LogP contribution in [-0.4, -0.2) is 55.1 Å². The molecule has 0 aliphatic carbocycles. The summed E-state index contributed by atoms with van der Waals surface area (Å²) in [5.74, 6) is 0.909. The van der Waals surface area contributed by atoms with Crippen LogP contribution in [-0.2, 0) is 24.3 Å². The summed E-state index contributed by atoms with van der Waals surface area (Å²) in [6, 6.07) is 26.5. The molecule has 0 aromatic heterocycles. The van der Waals surface area contributed by atoms with Gasteiger partial charge in [0.1, 0.15) is 12.4 Å². The highest BCUT2D eigenvalue weighted by Crippen LogP contribution is 2.19. The molecule has 0 bridgehead atoms. The van der Waals surface area contributed by atoms with Crippen LogP contribution in [0.4, 0.5) is 0 Å². The molecule has 0 spiro atoms. The second-order valence-electron chi connectivity index (χ2n) is 10.1. The van der Waals surface area contributed by atoms with E-state index in [9.17, 15) is 4.79 Å². The van der Waals surface area contributed by atoms with Gasteiger partial charge in [-0.2, -0.15) is 0 Å². The van der Waals surface area contributed by atoms with E-state index in [0.29, 0.717) is 19.7 Å². The van der Waals surface area contributed by atoms with Gasteiger partial charge in [0.2, 0.25) is 0 Å². The van der Waals surface area contributed by atoms with Crippen molar-refractivity contribution in [1.82, 2.24) is 9.80 Å². The van der Waals surface area contributed by atoms with Gasteiger partial charge in [-0.05, 0) is 60.2 Å². The molecule has 5 nitrogen and oxygen atoms in total. The topological polar surface area (TPSA) is 42.0 Å². The summed E-state index contributed by atoms with van der Waals surface area (Å²) in [7, 11) is 0. The summed E-state index contributed by atoms with van der Waals surface area (Å²) in [5.41, 5.74) is 4.27. The lowest BCUT2D eigenvalue weighted by Crippen LogP contribution is -2.39. The molecular weight excluding hydrogens is 472 g/mol. The molecule has 38 heavy (non-hydrogen) atoms.